The van der Waals surface area contributed by atoms with Gasteiger partial charge in [-0.25, -0.2) is 4.79 Å². The first kappa shape index (κ1) is 17.0. The van der Waals surface area contributed by atoms with Gasteiger partial charge in [0.2, 0.25) is 5.91 Å². The van der Waals surface area contributed by atoms with Gasteiger partial charge < -0.3 is 15.0 Å². The van der Waals surface area contributed by atoms with Gasteiger partial charge in [-0.05, 0) is 18.8 Å². The van der Waals surface area contributed by atoms with Crippen LogP contribution in [0.1, 0.15) is 34.6 Å². The van der Waals surface area contributed by atoms with E-state index in [0.29, 0.717) is 32.2 Å². The van der Waals surface area contributed by atoms with E-state index < -0.39 is 6.04 Å². The molecule has 0 spiro atoms. The molecule has 0 unspecified atom stereocenters. The van der Waals surface area contributed by atoms with Crippen LogP contribution in [0.15, 0.2) is 0 Å². The highest BCUT2D eigenvalue weighted by Gasteiger charge is 2.37. The molecule has 1 aliphatic rings. The minimum absolute atomic E-state index is 0.00842. The summed E-state index contributed by atoms with van der Waals surface area (Å²) in [6, 6.07) is -0.480. The fraction of sp³-hybridized carbons (Fsp3) is 0.867. The summed E-state index contributed by atoms with van der Waals surface area (Å²) in [5, 5.41) is 3.09. The van der Waals surface area contributed by atoms with Crippen LogP contribution in [-0.4, -0.2) is 49.1 Å². The highest BCUT2D eigenvalue weighted by molar-refractivity contribution is 5.86. The first-order valence-corrected chi connectivity index (χ1v) is 7.56. The van der Waals surface area contributed by atoms with Crippen LogP contribution in [0.5, 0.6) is 0 Å². The van der Waals surface area contributed by atoms with E-state index in [4.69, 9.17) is 4.74 Å². The van der Waals surface area contributed by atoms with Gasteiger partial charge in [0.1, 0.15) is 6.04 Å². The smallest absolute Gasteiger partial charge is 0.329 e. The Balaban J connectivity index is 2.75. The van der Waals surface area contributed by atoms with E-state index in [-0.39, 0.29) is 23.7 Å². The third kappa shape index (κ3) is 4.20. The minimum Gasteiger partial charge on any atom is -0.464 e. The second-order valence-electron chi connectivity index (χ2n) is 6.19. The quantitative estimate of drug-likeness (QED) is 0.716. The molecule has 1 fully saturated rings. The Morgan fingerprint density at radius 2 is 1.85 bits per heavy atom. The molecule has 0 bridgehead atoms. The predicted octanol–water partition coefficient (Wildman–Crippen LogP) is 1.28. The molecular formula is C15H28N2O3. The summed E-state index contributed by atoms with van der Waals surface area (Å²) in [5.41, 5.74) is 0. The molecule has 1 heterocycles. The Morgan fingerprint density at radius 3 is 2.20 bits per heavy atom. The normalized spacial score (nSPS) is 16.9. The van der Waals surface area contributed by atoms with Crippen molar-refractivity contribution in [1.82, 2.24) is 10.2 Å². The third-order valence-corrected chi connectivity index (χ3v) is 3.52. The van der Waals surface area contributed by atoms with Gasteiger partial charge in [0.05, 0.1) is 12.5 Å². The molecule has 0 aromatic heterocycles. The SMILES string of the molecule is CCN(C(=O)C1CNC1)[C@H](C(=O)OCC(C)C)C(C)C. The number of ether oxygens (including phenoxy) is 1. The van der Waals surface area contributed by atoms with Crippen LogP contribution in [0.4, 0.5) is 0 Å². The van der Waals surface area contributed by atoms with Gasteiger partial charge in [0.15, 0.2) is 0 Å². The molecule has 116 valence electrons. The molecule has 1 saturated heterocycles. The van der Waals surface area contributed by atoms with E-state index in [1.807, 2.05) is 34.6 Å². The van der Waals surface area contributed by atoms with Gasteiger partial charge in [-0.15, -0.1) is 0 Å². The summed E-state index contributed by atoms with van der Waals surface area (Å²) in [5.74, 6) is 0.136. The number of nitrogens with zero attached hydrogens (tertiary/aromatic N) is 1. The van der Waals surface area contributed by atoms with E-state index in [1.54, 1.807) is 4.90 Å². The van der Waals surface area contributed by atoms with E-state index >= 15 is 0 Å². The summed E-state index contributed by atoms with van der Waals surface area (Å²) in [7, 11) is 0. The lowest BCUT2D eigenvalue weighted by atomic mass is 9.97. The van der Waals surface area contributed by atoms with Crippen molar-refractivity contribution >= 4 is 11.9 Å². The maximum atomic E-state index is 12.4. The number of carbonyl (C=O) groups is 2. The Labute approximate surface area is 122 Å². The number of carbonyl (C=O) groups excluding carboxylic acids is 2. The van der Waals surface area contributed by atoms with Crippen LogP contribution < -0.4 is 5.32 Å². The van der Waals surface area contributed by atoms with E-state index in [9.17, 15) is 9.59 Å². The molecule has 5 heteroatoms. The van der Waals surface area contributed by atoms with Gasteiger partial charge in [0.25, 0.3) is 0 Å². The van der Waals surface area contributed by atoms with Crippen molar-refractivity contribution in [3.8, 4) is 0 Å². The number of rotatable bonds is 7. The van der Waals surface area contributed by atoms with Gasteiger partial charge in [-0.3, -0.25) is 4.79 Å². The third-order valence-electron chi connectivity index (χ3n) is 3.52. The van der Waals surface area contributed by atoms with Crippen molar-refractivity contribution in [1.29, 1.82) is 0 Å². The molecule has 20 heavy (non-hydrogen) atoms. The lowest BCUT2D eigenvalue weighted by Gasteiger charge is -2.37. The second kappa shape index (κ2) is 7.62. The minimum atomic E-state index is -0.480. The van der Waals surface area contributed by atoms with Crippen molar-refractivity contribution < 1.29 is 14.3 Å². The topological polar surface area (TPSA) is 58.6 Å². The second-order valence-corrected chi connectivity index (χ2v) is 6.19. The molecule has 1 rings (SSSR count). The van der Waals surface area contributed by atoms with Crippen molar-refractivity contribution in [3.63, 3.8) is 0 Å². The molecule has 0 saturated carbocycles. The first-order chi connectivity index (χ1) is 9.38. The van der Waals surface area contributed by atoms with Crippen LogP contribution in [0.2, 0.25) is 0 Å². The van der Waals surface area contributed by atoms with Crippen molar-refractivity contribution in [3.05, 3.63) is 0 Å². The van der Waals surface area contributed by atoms with E-state index in [2.05, 4.69) is 5.32 Å². The Morgan fingerprint density at radius 1 is 1.25 bits per heavy atom. The maximum absolute atomic E-state index is 12.4. The molecule has 0 aromatic rings. The summed E-state index contributed by atoms with van der Waals surface area (Å²) in [6.45, 7) is 12.2. The number of hydrogen-bond donors (Lipinski definition) is 1. The number of amides is 1. The number of nitrogens with one attached hydrogen (secondary N) is 1. The highest BCUT2D eigenvalue weighted by Crippen LogP contribution is 2.18. The van der Waals surface area contributed by atoms with Gasteiger partial charge in [0, 0.05) is 19.6 Å². The van der Waals surface area contributed by atoms with Crippen molar-refractivity contribution in [2.45, 2.75) is 40.7 Å². The van der Waals surface area contributed by atoms with Crippen molar-refractivity contribution in [2.75, 3.05) is 26.2 Å². The zero-order valence-electron chi connectivity index (χ0n) is 13.3. The van der Waals surface area contributed by atoms with Gasteiger partial charge in [-0.1, -0.05) is 27.7 Å². The molecule has 0 aliphatic carbocycles. The van der Waals surface area contributed by atoms with E-state index in [0.717, 1.165) is 0 Å². The van der Waals surface area contributed by atoms with Gasteiger partial charge >= 0.3 is 5.97 Å². The number of likely N-dealkylation sites (N-methyl/N-ethyl adjacent to an activating group) is 1. The molecule has 1 N–H and O–H groups in total. The number of hydrogen-bond acceptors (Lipinski definition) is 4. The van der Waals surface area contributed by atoms with Crippen LogP contribution >= 0.6 is 0 Å². The molecule has 1 atom stereocenters. The van der Waals surface area contributed by atoms with Crippen LogP contribution in [0.25, 0.3) is 0 Å². The summed E-state index contributed by atoms with van der Waals surface area (Å²) >= 11 is 0. The molecule has 1 aliphatic heterocycles. The largest absolute Gasteiger partial charge is 0.464 e. The Kier molecular flexibility index (Phi) is 6.46. The Hall–Kier alpha value is -1.10. The zero-order valence-corrected chi connectivity index (χ0v) is 13.3. The molecule has 1 amide bonds. The summed E-state index contributed by atoms with van der Waals surface area (Å²) in [4.78, 5) is 26.4. The lowest BCUT2D eigenvalue weighted by molar-refractivity contribution is -0.160. The first-order valence-electron chi connectivity index (χ1n) is 7.56. The summed E-state index contributed by atoms with van der Waals surface area (Å²) < 4.78 is 5.34. The fourth-order valence-corrected chi connectivity index (χ4v) is 2.28. The van der Waals surface area contributed by atoms with Crippen LogP contribution in [0.3, 0.4) is 0 Å². The standard InChI is InChI=1S/C15H28N2O3/c1-6-17(14(18)12-7-16-8-12)13(11(4)5)15(19)20-9-10(2)3/h10-13,16H,6-9H2,1-5H3/t13-/m0/s1. The zero-order chi connectivity index (χ0) is 15.3. The fourth-order valence-electron chi connectivity index (χ4n) is 2.28. The molecule has 5 nitrogen and oxygen atoms in total. The Bertz CT molecular complexity index is 338. The maximum Gasteiger partial charge on any atom is 0.329 e. The van der Waals surface area contributed by atoms with Crippen LogP contribution in [-0.2, 0) is 14.3 Å². The average molecular weight is 284 g/mol. The van der Waals surface area contributed by atoms with Gasteiger partial charge in [-0.2, -0.15) is 0 Å². The average Bonchev–Trinajstić information content (AvgIpc) is 2.29. The predicted molar refractivity (Wildman–Crippen MR) is 78.2 cm³/mol. The van der Waals surface area contributed by atoms with Crippen LogP contribution in [0, 0.1) is 17.8 Å². The lowest BCUT2D eigenvalue weighted by Crippen LogP contribution is -2.57. The monoisotopic (exact) mass is 284 g/mol. The molecule has 0 radical (unpaired) electrons. The van der Waals surface area contributed by atoms with E-state index in [1.165, 1.54) is 0 Å². The highest BCUT2D eigenvalue weighted by atomic mass is 16.5. The number of esters is 1. The molecular weight excluding hydrogens is 256 g/mol. The summed E-state index contributed by atoms with van der Waals surface area (Å²) in [6.07, 6.45) is 0. The van der Waals surface area contributed by atoms with Crippen molar-refractivity contribution in [2.24, 2.45) is 17.8 Å². The molecule has 0 aromatic carbocycles.